The maximum atomic E-state index is 12.2. The van der Waals surface area contributed by atoms with E-state index >= 15 is 0 Å². The molecule has 0 spiro atoms. The van der Waals surface area contributed by atoms with Crippen molar-refractivity contribution in [2.75, 3.05) is 25.0 Å². The zero-order valence-electron chi connectivity index (χ0n) is 15.8. The smallest absolute Gasteiger partial charge is 0.409 e. The summed E-state index contributed by atoms with van der Waals surface area (Å²) in [4.78, 5) is 38.1. The molecule has 0 bridgehead atoms. The second kappa shape index (κ2) is 9.63. The third-order valence-corrected chi connectivity index (χ3v) is 4.43. The quantitative estimate of drug-likeness (QED) is 0.782. The van der Waals surface area contributed by atoms with Gasteiger partial charge in [0.2, 0.25) is 0 Å². The molecule has 148 valence electrons. The first kappa shape index (κ1) is 19.5. The number of piperidine rings is 1. The number of nitrogens with one attached hydrogen (secondary N) is 2. The van der Waals surface area contributed by atoms with Gasteiger partial charge in [0.1, 0.15) is 11.5 Å². The number of carbonyl (C=O) groups is 2. The van der Waals surface area contributed by atoms with Crippen LogP contribution < -0.4 is 10.6 Å². The van der Waals surface area contributed by atoms with Crippen molar-refractivity contribution in [1.82, 2.24) is 25.2 Å². The lowest BCUT2D eigenvalue weighted by atomic mass is 10.1. The zero-order chi connectivity index (χ0) is 19.8. The average Bonchev–Trinajstić information content (AvgIpc) is 2.74. The molecule has 2 N–H and O–H groups in total. The van der Waals surface area contributed by atoms with Crippen molar-refractivity contribution in [3.05, 3.63) is 48.2 Å². The third-order valence-electron chi connectivity index (χ3n) is 4.43. The number of anilines is 1. The Kier molecular flexibility index (Phi) is 6.72. The summed E-state index contributed by atoms with van der Waals surface area (Å²) in [6, 6.07) is 3.91. The molecule has 9 nitrogen and oxygen atoms in total. The molecule has 9 heteroatoms. The van der Waals surface area contributed by atoms with Crippen LogP contribution >= 0.6 is 0 Å². The maximum Gasteiger partial charge on any atom is 0.409 e. The minimum atomic E-state index is -0.286. The van der Waals surface area contributed by atoms with Crippen LogP contribution in [-0.2, 0) is 11.3 Å². The van der Waals surface area contributed by atoms with E-state index < -0.39 is 0 Å². The van der Waals surface area contributed by atoms with E-state index in [4.69, 9.17) is 4.74 Å². The molecular weight excluding hydrogens is 360 g/mol. The second-order valence-electron chi connectivity index (χ2n) is 6.44. The van der Waals surface area contributed by atoms with E-state index in [-0.39, 0.29) is 23.7 Å². The summed E-state index contributed by atoms with van der Waals surface area (Å²) >= 11 is 0. The minimum Gasteiger partial charge on any atom is -0.450 e. The number of likely N-dealkylation sites (tertiary alicyclic amines) is 1. The Morgan fingerprint density at radius 3 is 2.68 bits per heavy atom. The molecule has 28 heavy (non-hydrogen) atoms. The first-order valence-electron chi connectivity index (χ1n) is 9.33. The van der Waals surface area contributed by atoms with E-state index in [0.717, 1.165) is 18.4 Å². The van der Waals surface area contributed by atoms with E-state index in [1.165, 1.54) is 6.20 Å². The van der Waals surface area contributed by atoms with Crippen LogP contribution in [0.25, 0.3) is 0 Å². The highest BCUT2D eigenvalue weighted by Crippen LogP contribution is 2.15. The van der Waals surface area contributed by atoms with Crippen LogP contribution in [0.4, 0.5) is 10.6 Å². The topological polar surface area (TPSA) is 109 Å². The highest BCUT2D eigenvalue weighted by molar-refractivity contribution is 5.91. The number of hydrogen-bond donors (Lipinski definition) is 2. The van der Waals surface area contributed by atoms with E-state index in [1.54, 1.807) is 30.4 Å². The normalized spacial score (nSPS) is 14.4. The van der Waals surface area contributed by atoms with Crippen molar-refractivity contribution in [3.8, 4) is 0 Å². The summed E-state index contributed by atoms with van der Waals surface area (Å²) < 4.78 is 5.02. The van der Waals surface area contributed by atoms with Crippen LogP contribution in [0.5, 0.6) is 0 Å². The number of amides is 2. The average molecular weight is 384 g/mol. The lowest BCUT2D eigenvalue weighted by Gasteiger charge is -2.31. The number of pyridine rings is 1. The van der Waals surface area contributed by atoms with Crippen LogP contribution in [0.2, 0.25) is 0 Å². The first-order valence-corrected chi connectivity index (χ1v) is 9.33. The molecule has 2 amide bonds. The lowest BCUT2D eigenvalue weighted by Crippen LogP contribution is -2.42. The molecule has 1 fully saturated rings. The van der Waals surface area contributed by atoms with Gasteiger partial charge in [-0.15, -0.1) is 0 Å². The van der Waals surface area contributed by atoms with E-state index in [2.05, 4.69) is 25.6 Å². The largest absolute Gasteiger partial charge is 0.450 e. The van der Waals surface area contributed by atoms with E-state index in [1.807, 2.05) is 12.1 Å². The molecule has 3 rings (SSSR count). The Bertz CT molecular complexity index is 776. The van der Waals surface area contributed by atoms with Crippen LogP contribution in [0, 0.1) is 0 Å². The van der Waals surface area contributed by atoms with Gasteiger partial charge in [0, 0.05) is 38.1 Å². The van der Waals surface area contributed by atoms with Crippen LogP contribution in [0.3, 0.4) is 0 Å². The summed E-state index contributed by atoms with van der Waals surface area (Å²) in [7, 11) is 0. The van der Waals surface area contributed by atoms with Crippen molar-refractivity contribution in [1.29, 1.82) is 0 Å². The highest BCUT2D eigenvalue weighted by Gasteiger charge is 2.23. The molecule has 0 unspecified atom stereocenters. The van der Waals surface area contributed by atoms with Gasteiger partial charge in [0.05, 0.1) is 19.0 Å². The Morgan fingerprint density at radius 1 is 1.21 bits per heavy atom. The number of hydrogen-bond acceptors (Lipinski definition) is 7. The summed E-state index contributed by atoms with van der Waals surface area (Å²) in [5.41, 5.74) is 1.17. The highest BCUT2D eigenvalue weighted by atomic mass is 16.6. The standard InChI is InChI=1S/C19H24N6O3/c1-2-28-19(27)25-8-5-15(6-9-25)24-17-13-21-16(12-22-17)18(26)23-11-14-4-3-7-20-10-14/h3-4,7,10,12-13,15H,2,5-6,8-9,11H2,1H3,(H,22,24)(H,23,26). The van der Waals surface area contributed by atoms with Gasteiger partial charge in [-0.05, 0) is 31.4 Å². The first-order chi connectivity index (χ1) is 13.7. The molecule has 1 aliphatic rings. The minimum absolute atomic E-state index is 0.199. The molecule has 1 aliphatic heterocycles. The monoisotopic (exact) mass is 384 g/mol. The number of aromatic nitrogens is 3. The molecule has 0 aliphatic carbocycles. The van der Waals surface area contributed by atoms with Crippen molar-refractivity contribution in [2.24, 2.45) is 0 Å². The Hall–Kier alpha value is -3.23. The molecule has 0 radical (unpaired) electrons. The fourth-order valence-electron chi connectivity index (χ4n) is 2.93. The fourth-order valence-corrected chi connectivity index (χ4v) is 2.93. The molecule has 0 aromatic carbocycles. The molecule has 2 aromatic heterocycles. The maximum absolute atomic E-state index is 12.2. The molecule has 0 atom stereocenters. The van der Waals surface area contributed by atoms with Crippen molar-refractivity contribution in [2.45, 2.75) is 32.4 Å². The van der Waals surface area contributed by atoms with Crippen LogP contribution in [0.15, 0.2) is 36.9 Å². The fraction of sp³-hybridized carbons (Fsp3) is 0.421. The molecule has 2 aromatic rings. The number of carbonyl (C=O) groups excluding carboxylic acids is 2. The third kappa shape index (κ3) is 5.38. The van der Waals surface area contributed by atoms with Gasteiger partial charge in [-0.3, -0.25) is 9.78 Å². The molecule has 3 heterocycles. The van der Waals surface area contributed by atoms with Crippen molar-refractivity contribution >= 4 is 17.8 Å². The zero-order valence-corrected chi connectivity index (χ0v) is 15.8. The Balaban J connectivity index is 1.45. The number of nitrogens with zero attached hydrogens (tertiary/aromatic N) is 4. The predicted octanol–water partition coefficient (Wildman–Crippen LogP) is 1.83. The van der Waals surface area contributed by atoms with Gasteiger partial charge in [-0.2, -0.15) is 0 Å². The molecule has 0 saturated carbocycles. The number of rotatable bonds is 6. The van der Waals surface area contributed by atoms with Gasteiger partial charge in [-0.25, -0.2) is 14.8 Å². The summed E-state index contributed by atoms with van der Waals surface area (Å²) in [5.74, 6) is 0.323. The van der Waals surface area contributed by atoms with Gasteiger partial charge in [-0.1, -0.05) is 6.07 Å². The summed E-state index contributed by atoms with van der Waals surface area (Å²) in [6.07, 6.45) is 7.73. The number of ether oxygens (including phenoxy) is 1. The predicted molar refractivity (Wildman–Crippen MR) is 103 cm³/mol. The second-order valence-corrected chi connectivity index (χ2v) is 6.44. The summed E-state index contributed by atoms with van der Waals surface area (Å²) in [5, 5.41) is 6.09. The van der Waals surface area contributed by atoms with Crippen LogP contribution in [-0.4, -0.2) is 57.6 Å². The van der Waals surface area contributed by atoms with Gasteiger partial charge < -0.3 is 20.3 Å². The van der Waals surface area contributed by atoms with Crippen molar-refractivity contribution in [3.63, 3.8) is 0 Å². The lowest BCUT2D eigenvalue weighted by molar-refractivity contribution is 0.0944. The Morgan fingerprint density at radius 2 is 2.04 bits per heavy atom. The SMILES string of the molecule is CCOC(=O)N1CCC(Nc2cnc(C(=O)NCc3cccnc3)cn2)CC1. The Labute approximate surface area is 163 Å². The van der Waals surface area contributed by atoms with Gasteiger partial charge in [0.15, 0.2) is 0 Å². The van der Waals surface area contributed by atoms with E-state index in [9.17, 15) is 9.59 Å². The van der Waals surface area contributed by atoms with Crippen molar-refractivity contribution < 1.29 is 14.3 Å². The molecule has 1 saturated heterocycles. The van der Waals surface area contributed by atoms with Gasteiger partial charge in [0.25, 0.3) is 5.91 Å². The summed E-state index contributed by atoms with van der Waals surface area (Å²) in [6.45, 7) is 3.84. The van der Waals surface area contributed by atoms with Crippen LogP contribution in [0.1, 0.15) is 35.8 Å². The molecular formula is C19H24N6O3. The van der Waals surface area contributed by atoms with E-state index in [0.29, 0.717) is 32.1 Å². The van der Waals surface area contributed by atoms with Gasteiger partial charge >= 0.3 is 6.09 Å².